The Labute approximate surface area is 265 Å². The van der Waals surface area contributed by atoms with Crippen LogP contribution < -0.4 is 5.32 Å². The van der Waals surface area contributed by atoms with E-state index in [1.807, 2.05) is 117 Å². The van der Waals surface area contributed by atoms with Gasteiger partial charge in [-0.3, -0.25) is 0 Å². The molecule has 1 unspecified atom stereocenters. The van der Waals surface area contributed by atoms with Crippen LogP contribution in [0.3, 0.4) is 0 Å². The minimum atomic E-state index is -0.362. The van der Waals surface area contributed by atoms with Gasteiger partial charge in [0.15, 0.2) is 11.7 Å². The maximum atomic E-state index is 6.32. The molecule has 8 aromatic rings. The van der Waals surface area contributed by atoms with E-state index in [9.17, 15) is 0 Å². The molecule has 0 saturated carbocycles. The van der Waals surface area contributed by atoms with Crippen molar-refractivity contribution >= 4 is 55.7 Å². The molecule has 1 aliphatic rings. The molecule has 1 aliphatic heterocycles. The maximum Gasteiger partial charge on any atom is 0.231 e. The molecular formula is C39H29N5O2. The van der Waals surface area contributed by atoms with Crippen LogP contribution in [0, 0.1) is 0 Å². The van der Waals surface area contributed by atoms with Crippen LogP contribution in [0.4, 0.5) is 0 Å². The third-order valence-electron chi connectivity index (χ3n) is 7.99. The number of nitrogens with zero attached hydrogens (tertiary/aromatic N) is 4. The zero-order valence-corrected chi connectivity index (χ0v) is 25.3. The summed E-state index contributed by atoms with van der Waals surface area (Å²) in [5.41, 5.74) is 6.30. The highest BCUT2D eigenvalue weighted by atomic mass is 16.3. The number of aromatic nitrogens is 2. The first kappa shape index (κ1) is 27.5. The molecule has 0 fully saturated rings. The molecule has 1 N–H and O–H groups in total. The maximum absolute atomic E-state index is 6.32. The molecular weight excluding hydrogens is 570 g/mol. The van der Waals surface area contributed by atoms with Gasteiger partial charge in [0.25, 0.3) is 0 Å². The number of aliphatic imine (C=N–C) groups is 2. The van der Waals surface area contributed by atoms with Crippen molar-refractivity contribution in [3.8, 4) is 11.4 Å². The number of nitrogens with one attached hydrogen (secondary N) is 1. The highest BCUT2D eigenvalue weighted by molar-refractivity contribution is 6.20. The molecule has 1 atom stereocenters. The molecule has 0 bridgehead atoms. The van der Waals surface area contributed by atoms with Crippen LogP contribution in [-0.4, -0.2) is 21.6 Å². The lowest BCUT2D eigenvalue weighted by Gasteiger charge is -2.23. The number of para-hydroxylation sites is 2. The zero-order valence-electron chi connectivity index (χ0n) is 25.3. The van der Waals surface area contributed by atoms with E-state index in [0.29, 0.717) is 23.1 Å². The van der Waals surface area contributed by atoms with Crippen LogP contribution in [0.15, 0.2) is 146 Å². The monoisotopic (exact) mass is 599 g/mol. The van der Waals surface area contributed by atoms with E-state index < -0.39 is 0 Å². The predicted octanol–water partition coefficient (Wildman–Crippen LogP) is 9.46. The molecule has 7 nitrogen and oxygen atoms in total. The summed E-state index contributed by atoms with van der Waals surface area (Å²) in [6, 6.07) is 42.2. The van der Waals surface area contributed by atoms with Crippen molar-refractivity contribution in [1.82, 2.24) is 15.3 Å². The average molecular weight is 600 g/mol. The van der Waals surface area contributed by atoms with Crippen LogP contribution in [-0.2, 0) is 0 Å². The largest absolute Gasteiger partial charge is 0.456 e. The number of fused-ring (bicyclic) bond motifs is 6. The second-order valence-electron chi connectivity index (χ2n) is 10.7. The Balaban J connectivity index is 0.00000153. The van der Waals surface area contributed by atoms with Gasteiger partial charge in [0.2, 0.25) is 5.71 Å². The van der Waals surface area contributed by atoms with Crippen molar-refractivity contribution in [1.29, 1.82) is 0 Å². The normalized spacial score (nSPS) is 14.5. The second kappa shape index (κ2) is 11.4. The van der Waals surface area contributed by atoms with Crippen LogP contribution in [0.5, 0.6) is 0 Å². The van der Waals surface area contributed by atoms with Crippen molar-refractivity contribution in [2.75, 3.05) is 0 Å². The molecule has 5 aromatic carbocycles. The van der Waals surface area contributed by atoms with Crippen molar-refractivity contribution < 1.29 is 8.83 Å². The molecule has 0 spiro atoms. The van der Waals surface area contributed by atoms with E-state index in [4.69, 9.17) is 28.8 Å². The fourth-order valence-electron chi connectivity index (χ4n) is 5.88. The molecule has 0 radical (unpaired) electrons. The van der Waals surface area contributed by atoms with Crippen LogP contribution in [0.2, 0.25) is 0 Å². The molecule has 3 aromatic heterocycles. The summed E-state index contributed by atoms with van der Waals surface area (Å²) in [5.74, 6) is 1.75. The van der Waals surface area contributed by atoms with Gasteiger partial charge in [0, 0.05) is 27.3 Å². The van der Waals surface area contributed by atoms with Crippen molar-refractivity contribution in [2.45, 2.75) is 20.0 Å². The van der Waals surface area contributed by atoms with E-state index in [2.05, 4.69) is 29.6 Å². The molecule has 0 aliphatic carbocycles. The Morgan fingerprint density at radius 3 is 2.02 bits per heavy atom. The van der Waals surface area contributed by atoms with Gasteiger partial charge in [-0.2, -0.15) is 4.98 Å². The lowest BCUT2D eigenvalue weighted by Crippen LogP contribution is -2.33. The minimum Gasteiger partial charge on any atom is -0.456 e. The minimum absolute atomic E-state index is 0.362. The molecule has 0 amide bonds. The standard InChI is InChI=1S/C37H23N5O2.C2H6/c1-3-11-22(12-4-1)33-39-34(23-13-5-2-6-14-23)41-36(40-33)32-31-26-16-8-10-18-29(26)44-37(31)42-35(38-32)24-19-20-30-27(21-24)25-15-7-9-17-28(25)43-30;1-2/h1-21,33H,(H,39,40,41);1-2H3. The first-order chi connectivity index (χ1) is 22.8. The van der Waals surface area contributed by atoms with E-state index in [1.54, 1.807) is 0 Å². The van der Waals surface area contributed by atoms with Gasteiger partial charge in [0.05, 0.1) is 5.39 Å². The van der Waals surface area contributed by atoms with Crippen LogP contribution >= 0.6 is 0 Å². The van der Waals surface area contributed by atoms with Gasteiger partial charge >= 0.3 is 0 Å². The summed E-state index contributed by atoms with van der Waals surface area (Å²) >= 11 is 0. The van der Waals surface area contributed by atoms with Gasteiger partial charge in [-0.1, -0.05) is 111 Å². The van der Waals surface area contributed by atoms with Crippen LogP contribution in [0.1, 0.15) is 36.8 Å². The van der Waals surface area contributed by atoms with E-state index in [0.717, 1.165) is 60.8 Å². The van der Waals surface area contributed by atoms with Crippen LogP contribution in [0.25, 0.3) is 55.4 Å². The highest BCUT2D eigenvalue weighted by Crippen LogP contribution is 2.35. The lowest BCUT2D eigenvalue weighted by molar-refractivity contribution is 0.653. The average Bonchev–Trinajstić information content (AvgIpc) is 3.70. The Bertz CT molecular complexity index is 2420. The van der Waals surface area contributed by atoms with Crippen molar-refractivity contribution in [2.24, 2.45) is 9.98 Å². The number of benzene rings is 5. The Hall–Kier alpha value is -6.08. The topological polar surface area (TPSA) is 88.8 Å². The SMILES string of the molecule is CC.c1ccc(C2=NC(c3nc(-c4ccc5oc6ccccc6c5c4)nc4oc5ccccc5c34)=NC(c3ccccc3)N2)cc1. The summed E-state index contributed by atoms with van der Waals surface area (Å²) in [6.07, 6.45) is -0.362. The third kappa shape index (κ3) is 4.70. The molecule has 222 valence electrons. The third-order valence-corrected chi connectivity index (χ3v) is 7.99. The van der Waals surface area contributed by atoms with E-state index in [-0.39, 0.29) is 6.17 Å². The summed E-state index contributed by atoms with van der Waals surface area (Å²) < 4.78 is 12.4. The number of rotatable bonds is 4. The number of amidine groups is 2. The van der Waals surface area contributed by atoms with Crippen molar-refractivity contribution in [3.63, 3.8) is 0 Å². The molecule has 46 heavy (non-hydrogen) atoms. The van der Waals surface area contributed by atoms with Gasteiger partial charge in [-0.15, -0.1) is 0 Å². The molecule has 4 heterocycles. The number of hydrogen-bond acceptors (Lipinski definition) is 7. The smallest absolute Gasteiger partial charge is 0.231 e. The molecule has 9 rings (SSSR count). The van der Waals surface area contributed by atoms with E-state index in [1.165, 1.54) is 0 Å². The number of furan rings is 2. The highest BCUT2D eigenvalue weighted by Gasteiger charge is 2.26. The zero-order chi connectivity index (χ0) is 31.0. The molecule has 7 heteroatoms. The van der Waals surface area contributed by atoms with Gasteiger partial charge in [0.1, 0.15) is 34.4 Å². The fourth-order valence-corrected chi connectivity index (χ4v) is 5.88. The lowest BCUT2D eigenvalue weighted by atomic mass is 10.1. The van der Waals surface area contributed by atoms with Gasteiger partial charge < -0.3 is 14.2 Å². The van der Waals surface area contributed by atoms with Gasteiger partial charge in [-0.05, 0) is 35.9 Å². The Morgan fingerprint density at radius 1 is 0.587 bits per heavy atom. The first-order valence-electron chi connectivity index (χ1n) is 15.4. The van der Waals surface area contributed by atoms with Gasteiger partial charge in [-0.25, -0.2) is 15.0 Å². The fraction of sp³-hybridized carbons (Fsp3) is 0.0769. The summed E-state index contributed by atoms with van der Waals surface area (Å²) in [4.78, 5) is 20.3. The van der Waals surface area contributed by atoms with Crippen molar-refractivity contribution in [3.05, 3.63) is 144 Å². The summed E-state index contributed by atoms with van der Waals surface area (Å²) in [6.45, 7) is 4.00. The molecule has 0 saturated heterocycles. The predicted molar refractivity (Wildman–Crippen MR) is 185 cm³/mol. The van der Waals surface area contributed by atoms with E-state index >= 15 is 0 Å². The quantitative estimate of drug-likeness (QED) is 0.218. The Kier molecular flexibility index (Phi) is 6.84. The second-order valence-corrected chi connectivity index (χ2v) is 10.7. The summed E-state index contributed by atoms with van der Waals surface area (Å²) in [5, 5.41) is 7.26. The number of hydrogen-bond donors (Lipinski definition) is 1. The summed E-state index contributed by atoms with van der Waals surface area (Å²) in [7, 11) is 0. The first-order valence-corrected chi connectivity index (χ1v) is 15.4. The Morgan fingerprint density at radius 2 is 1.24 bits per heavy atom.